The van der Waals surface area contributed by atoms with Crippen LogP contribution in [0, 0.1) is 13.8 Å². The number of carbonyl (C=O) groups is 2. The summed E-state index contributed by atoms with van der Waals surface area (Å²) in [6, 6.07) is 10.3. The number of para-hydroxylation sites is 1. The van der Waals surface area contributed by atoms with Crippen molar-refractivity contribution in [3.63, 3.8) is 0 Å². The summed E-state index contributed by atoms with van der Waals surface area (Å²) < 4.78 is 10.7. The second-order valence-electron chi connectivity index (χ2n) is 5.89. The third-order valence-corrected chi connectivity index (χ3v) is 4.37. The van der Waals surface area contributed by atoms with Crippen LogP contribution in [0.1, 0.15) is 35.3 Å². The van der Waals surface area contributed by atoms with Crippen LogP contribution in [0.25, 0.3) is 0 Å². The average molecular weight is 376 g/mol. The van der Waals surface area contributed by atoms with Gasteiger partial charge in [-0.25, -0.2) is 4.79 Å². The number of carbonyl (C=O) groups excluding carboxylic acids is 2. The number of anilines is 1. The normalized spacial score (nSPS) is 11.6. The van der Waals surface area contributed by atoms with Crippen molar-refractivity contribution in [1.29, 1.82) is 0 Å². The Morgan fingerprint density at radius 3 is 2.38 bits per heavy atom. The number of esters is 1. The second-order valence-corrected chi connectivity index (χ2v) is 6.26. The lowest BCUT2D eigenvalue weighted by Crippen LogP contribution is -2.30. The van der Waals surface area contributed by atoms with E-state index >= 15 is 0 Å². The van der Waals surface area contributed by atoms with Crippen LogP contribution in [-0.4, -0.2) is 24.6 Å². The van der Waals surface area contributed by atoms with Crippen molar-refractivity contribution in [2.75, 3.05) is 11.9 Å². The van der Waals surface area contributed by atoms with Crippen molar-refractivity contribution < 1.29 is 19.1 Å². The average Bonchev–Trinajstić information content (AvgIpc) is 2.60. The summed E-state index contributed by atoms with van der Waals surface area (Å²) in [5, 5.41) is 3.40. The molecule has 2 aromatic carbocycles. The molecule has 1 amide bonds. The number of hydrogen-bond acceptors (Lipinski definition) is 4. The molecule has 2 aromatic rings. The summed E-state index contributed by atoms with van der Waals surface area (Å²) in [5.74, 6) is -0.293. The Kier molecular flexibility index (Phi) is 6.64. The number of benzene rings is 2. The minimum Gasteiger partial charge on any atom is -0.481 e. The van der Waals surface area contributed by atoms with Gasteiger partial charge in [-0.05, 0) is 63.1 Å². The fourth-order valence-corrected chi connectivity index (χ4v) is 2.55. The van der Waals surface area contributed by atoms with Gasteiger partial charge >= 0.3 is 5.97 Å². The number of rotatable bonds is 6. The number of halogens is 1. The highest BCUT2D eigenvalue weighted by atomic mass is 35.5. The van der Waals surface area contributed by atoms with E-state index in [1.807, 2.05) is 13.8 Å². The van der Waals surface area contributed by atoms with Crippen molar-refractivity contribution in [2.24, 2.45) is 0 Å². The number of nitrogens with one attached hydrogen (secondary N) is 1. The summed E-state index contributed by atoms with van der Waals surface area (Å²) >= 11 is 6.15. The number of hydrogen-bond donors (Lipinski definition) is 1. The maximum absolute atomic E-state index is 12.5. The zero-order valence-corrected chi connectivity index (χ0v) is 16.0. The topological polar surface area (TPSA) is 64.6 Å². The third-order valence-electron chi connectivity index (χ3n) is 3.77. The van der Waals surface area contributed by atoms with Crippen molar-refractivity contribution >= 4 is 29.2 Å². The number of ether oxygens (including phenoxy) is 2. The van der Waals surface area contributed by atoms with E-state index in [-0.39, 0.29) is 12.5 Å². The standard InChI is InChI=1S/C20H22ClNO4/c1-5-25-20(24)16-8-6-7-9-17(16)22-19(23)14(4)26-15-10-12(2)18(21)13(3)11-15/h6-11,14H,5H2,1-4H3,(H,22,23)/t14-/m1/s1. The van der Waals surface area contributed by atoms with Crippen molar-refractivity contribution in [3.05, 3.63) is 58.1 Å². The van der Waals surface area contributed by atoms with Gasteiger partial charge in [-0.2, -0.15) is 0 Å². The molecule has 2 rings (SSSR count). The molecular formula is C20H22ClNO4. The molecule has 0 radical (unpaired) electrons. The van der Waals surface area contributed by atoms with Gasteiger partial charge in [-0.15, -0.1) is 0 Å². The summed E-state index contributed by atoms with van der Waals surface area (Å²) in [5.41, 5.74) is 2.44. The SMILES string of the molecule is CCOC(=O)c1ccccc1NC(=O)[C@@H](C)Oc1cc(C)c(Cl)c(C)c1. The van der Waals surface area contributed by atoms with Crippen LogP contribution in [0.3, 0.4) is 0 Å². The fourth-order valence-electron chi connectivity index (χ4n) is 2.45. The molecule has 0 aliphatic rings. The minimum absolute atomic E-state index is 0.260. The first-order valence-corrected chi connectivity index (χ1v) is 8.71. The van der Waals surface area contributed by atoms with Gasteiger partial charge in [0.15, 0.2) is 6.10 Å². The van der Waals surface area contributed by atoms with Crippen LogP contribution in [0.5, 0.6) is 5.75 Å². The van der Waals surface area contributed by atoms with E-state index in [1.165, 1.54) is 0 Å². The lowest BCUT2D eigenvalue weighted by Gasteiger charge is -2.17. The van der Waals surface area contributed by atoms with Crippen LogP contribution in [0.15, 0.2) is 36.4 Å². The van der Waals surface area contributed by atoms with E-state index in [0.717, 1.165) is 11.1 Å². The van der Waals surface area contributed by atoms with Gasteiger partial charge in [0.1, 0.15) is 5.75 Å². The Balaban J connectivity index is 2.12. The predicted molar refractivity (Wildman–Crippen MR) is 102 cm³/mol. The largest absolute Gasteiger partial charge is 0.481 e. The molecule has 5 nitrogen and oxygen atoms in total. The van der Waals surface area contributed by atoms with Gasteiger partial charge in [-0.3, -0.25) is 4.79 Å². The predicted octanol–water partition coefficient (Wildman–Crippen LogP) is 4.54. The van der Waals surface area contributed by atoms with Crippen LogP contribution >= 0.6 is 11.6 Å². The molecule has 0 spiro atoms. The van der Waals surface area contributed by atoms with Crippen LogP contribution < -0.4 is 10.1 Å². The van der Waals surface area contributed by atoms with E-state index in [0.29, 0.717) is 22.0 Å². The molecule has 0 heterocycles. The van der Waals surface area contributed by atoms with E-state index in [2.05, 4.69) is 5.32 Å². The van der Waals surface area contributed by atoms with Crippen LogP contribution in [0.2, 0.25) is 5.02 Å². The van der Waals surface area contributed by atoms with E-state index in [4.69, 9.17) is 21.1 Å². The molecule has 1 N–H and O–H groups in total. The molecule has 0 aromatic heterocycles. The molecular weight excluding hydrogens is 354 g/mol. The van der Waals surface area contributed by atoms with Crippen molar-refractivity contribution in [1.82, 2.24) is 0 Å². The molecule has 0 fully saturated rings. The van der Waals surface area contributed by atoms with Gasteiger partial charge in [0, 0.05) is 5.02 Å². The first-order chi connectivity index (χ1) is 12.3. The summed E-state index contributed by atoms with van der Waals surface area (Å²) in [4.78, 5) is 24.5. The molecule has 0 bridgehead atoms. The first kappa shape index (κ1) is 19.8. The quantitative estimate of drug-likeness (QED) is 0.753. The van der Waals surface area contributed by atoms with E-state index < -0.39 is 12.1 Å². The minimum atomic E-state index is -0.759. The summed E-state index contributed by atoms with van der Waals surface area (Å²) in [6.45, 7) is 7.38. The van der Waals surface area contributed by atoms with Gasteiger partial charge in [0.25, 0.3) is 5.91 Å². The first-order valence-electron chi connectivity index (χ1n) is 8.34. The van der Waals surface area contributed by atoms with Gasteiger partial charge < -0.3 is 14.8 Å². The molecule has 6 heteroatoms. The van der Waals surface area contributed by atoms with E-state index in [1.54, 1.807) is 50.2 Å². The highest BCUT2D eigenvalue weighted by Gasteiger charge is 2.19. The van der Waals surface area contributed by atoms with Crippen molar-refractivity contribution in [3.8, 4) is 5.75 Å². The molecule has 0 aliphatic carbocycles. The Bertz CT molecular complexity index is 796. The lowest BCUT2D eigenvalue weighted by molar-refractivity contribution is -0.122. The van der Waals surface area contributed by atoms with Gasteiger partial charge in [0.05, 0.1) is 17.9 Å². The lowest BCUT2D eigenvalue weighted by atomic mass is 10.1. The molecule has 26 heavy (non-hydrogen) atoms. The third kappa shape index (κ3) is 4.76. The number of aryl methyl sites for hydroxylation is 2. The van der Waals surface area contributed by atoms with Gasteiger partial charge in [-0.1, -0.05) is 23.7 Å². The Morgan fingerprint density at radius 2 is 1.77 bits per heavy atom. The second kappa shape index (κ2) is 8.72. The highest BCUT2D eigenvalue weighted by Crippen LogP contribution is 2.26. The van der Waals surface area contributed by atoms with Crippen molar-refractivity contribution in [2.45, 2.75) is 33.8 Å². The molecule has 138 valence electrons. The highest BCUT2D eigenvalue weighted by molar-refractivity contribution is 6.32. The Hall–Kier alpha value is -2.53. The molecule has 0 unspecified atom stereocenters. The smallest absolute Gasteiger partial charge is 0.340 e. The Morgan fingerprint density at radius 1 is 1.15 bits per heavy atom. The molecule has 1 atom stereocenters. The molecule has 0 saturated heterocycles. The molecule has 0 saturated carbocycles. The molecule has 0 aliphatic heterocycles. The van der Waals surface area contributed by atoms with Crippen LogP contribution in [-0.2, 0) is 9.53 Å². The maximum Gasteiger partial charge on any atom is 0.340 e. The Labute approximate surface area is 158 Å². The summed E-state index contributed by atoms with van der Waals surface area (Å²) in [6.07, 6.45) is -0.759. The number of amides is 1. The zero-order chi connectivity index (χ0) is 19.3. The van der Waals surface area contributed by atoms with Crippen LogP contribution in [0.4, 0.5) is 5.69 Å². The maximum atomic E-state index is 12.5. The van der Waals surface area contributed by atoms with E-state index in [9.17, 15) is 9.59 Å². The monoisotopic (exact) mass is 375 g/mol. The van der Waals surface area contributed by atoms with Gasteiger partial charge in [0.2, 0.25) is 0 Å². The summed E-state index contributed by atoms with van der Waals surface area (Å²) in [7, 11) is 0. The zero-order valence-electron chi connectivity index (χ0n) is 15.3. The fraction of sp³-hybridized carbons (Fsp3) is 0.300.